The minimum atomic E-state index is -4.80. The molecule has 1 aromatic rings. The second kappa shape index (κ2) is 6.29. The summed E-state index contributed by atoms with van der Waals surface area (Å²) in [5.41, 5.74) is -2.24. The number of amidine groups is 1. The number of benzene rings is 1. The molecule has 0 heterocycles. The Morgan fingerprint density at radius 2 is 2.15 bits per heavy atom. The molecule has 0 saturated heterocycles. The Bertz CT molecular complexity index is 594. The fourth-order valence-corrected chi connectivity index (χ4v) is 1.66. The molecule has 1 rings (SSSR count). The average Bonchev–Trinajstić information content (AvgIpc) is 2.36. The molecule has 106 valence electrons. The number of rotatable bonds is 2. The molecule has 0 aliphatic heterocycles. The van der Waals surface area contributed by atoms with Crippen molar-refractivity contribution in [3.05, 3.63) is 29.3 Å². The first kappa shape index (κ1) is 15.8. The van der Waals surface area contributed by atoms with E-state index in [1.807, 2.05) is 0 Å². The summed E-state index contributed by atoms with van der Waals surface area (Å²) < 4.78 is 38.3. The molecule has 0 amide bonds. The molecule has 0 aliphatic rings. The van der Waals surface area contributed by atoms with E-state index in [2.05, 4.69) is 10.3 Å². The van der Waals surface area contributed by atoms with Crippen LogP contribution in [0.3, 0.4) is 0 Å². The highest BCUT2D eigenvalue weighted by Crippen LogP contribution is 2.34. The molecule has 20 heavy (non-hydrogen) atoms. The third-order valence-corrected chi connectivity index (χ3v) is 2.71. The maximum absolute atomic E-state index is 12.8. The molecule has 0 unspecified atom stereocenters. The number of thioether (sulfide) groups is 1. The fourth-order valence-electron chi connectivity index (χ4n) is 1.31. The maximum Gasteiger partial charge on any atom is 0.417 e. The molecule has 0 spiro atoms. The second-order valence-corrected chi connectivity index (χ2v) is 4.19. The van der Waals surface area contributed by atoms with Crippen LogP contribution < -0.4 is 5.32 Å². The molecule has 0 fully saturated rings. The summed E-state index contributed by atoms with van der Waals surface area (Å²) in [6.45, 7) is 0. The fraction of sp³-hybridized carbons (Fsp3) is 0.182. The first-order valence-corrected chi connectivity index (χ1v) is 6.24. The molecule has 0 aromatic heterocycles. The SMILES string of the molecule is CSC(=Nc1ccc(C(=O)O)c(C(F)(F)F)c1)NC#N. The Labute approximate surface area is 116 Å². The number of nitrogens with one attached hydrogen (secondary N) is 1. The number of alkyl halides is 3. The number of nitrogens with zero attached hydrogens (tertiary/aromatic N) is 2. The van der Waals surface area contributed by atoms with Gasteiger partial charge in [0.25, 0.3) is 0 Å². The third kappa shape index (κ3) is 3.89. The van der Waals surface area contributed by atoms with Crippen molar-refractivity contribution in [3.8, 4) is 6.19 Å². The van der Waals surface area contributed by atoms with E-state index in [0.29, 0.717) is 6.07 Å². The van der Waals surface area contributed by atoms with Crippen LogP contribution in [0.15, 0.2) is 23.2 Å². The number of hydrogen-bond acceptors (Lipinski definition) is 4. The van der Waals surface area contributed by atoms with E-state index in [1.165, 1.54) is 0 Å². The van der Waals surface area contributed by atoms with Gasteiger partial charge in [0.15, 0.2) is 11.4 Å². The van der Waals surface area contributed by atoms with Crippen LogP contribution in [0.25, 0.3) is 0 Å². The van der Waals surface area contributed by atoms with Crippen molar-refractivity contribution in [1.29, 1.82) is 5.26 Å². The molecule has 0 saturated carbocycles. The van der Waals surface area contributed by atoms with E-state index in [1.54, 1.807) is 12.4 Å². The molecule has 0 atom stereocenters. The first-order chi connectivity index (χ1) is 9.29. The predicted molar refractivity (Wildman–Crippen MR) is 67.8 cm³/mol. The predicted octanol–water partition coefficient (Wildman–Crippen LogP) is 2.82. The highest BCUT2D eigenvalue weighted by atomic mass is 32.2. The molecular formula is C11H8F3N3O2S. The minimum absolute atomic E-state index is 0.101. The smallest absolute Gasteiger partial charge is 0.417 e. The van der Waals surface area contributed by atoms with E-state index in [-0.39, 0.29) is 10.9 Å². The molecule has 0 bridgehead atoms. The first-order valence-electron chi connectivity index (χ1n) is 5.02. The topological polar surface area (TPSA) is 85.5 Å². The Morgan fingerprint density at radius 1 is 1.50 bits per heavy atom. The van der Waals surface area contributed by atoms with Gasteiger partial charge in [-0.25, -0.2) is 9.79 Å². The lowest BCUT2D eigenvalue weighted by Gasteiger charge is -2.11. The van der Waals surface area contributed by atoms with Crippen LogP contribution in [-0.4, -0.2) is 22.5 Å². The van der Waals surface area contributed by atoms with E-state index >= 15 is 0 Å². The van der Waals surface area contributed by atoms with E-state index in [0.717, 1.165) is 23.9 Å². The highest BCUT2D eigenvalue weighted by molar-refractivity contribution is 8.13. The quantitative estimate of drug-likeness (QED) is 0.380. The van der Waals surface area contributed by atoms with Crippen LogP contribution in [0.1, 0.15) is 15.9 Å². The zero-order chi connectivity index (χ0) is 15.3. The molecule has 5 nitrogen and oxygen atoms in total. The van der Waals surface area contributed by atoms with Crippen LogP contribution in [0.4, 0.5) is 18.9 Å². The zero-order valence-electron chi connectivity index (χ0n) is 10.0. The lowest BCUT2D eigenvalue weighted by atomic mass is 10.1. The van der Waals surface area contributed by atoms with Gasteiger partial charge in [0.1, 0.15) is 0 Å². The summed E-state index contributed by atoms with van der Waals surface area (Å²) in [6.07, 6.45) is -1.63. The van der Waals surface area contributed by atoms with Crippen LogP contribution in [0.5, 0.6) is 0 Å². The van der Waals surface area contributed by atoms with Crippen molar-refractivity contribution in [2.24, 2.45) is 4.99 Å². The summed E-state index contributed by atoms with van der Waals surface area (Å²) in [4.78, 5) is 14.6. The van der Waals surface area contributed by atoms with Gasteiger partial charge in [0.2, 0.25) is 0 Å². The van der Waals surface area contributed by atoms with Crippen LogP contribution in [0, 0.1) is 11.5 Å². The number of aliphatic imine (C=N–C) groups is 1. The van der Waals surface area contributed by atoms with Crippen molar-refractivity contribution in [1.82, 2.24) is 5.32 Å². The maximum atomic E-state index is 12.8. The standard InChI is InChI=1S/C11H8F3N3O2S/c1-20-10(16-5-15)17-6-2-3-7(9(18)19)8(4-6)11(12,13)14/h2-4H,1H3,(H,16,17)(H,18,19). The van der Waals surface area contributed by atoms with Gasteiger partial charge in [-0.05, 0) is 24.5 Å². The van der Waals surface area contributed by atoms with Gasteiger partial charge >= 0.3 is 12.1 Å². The van der Waals surface area contributed by atoms with Gasteiger partial charge < -0.3 is 5.11 Å². The molecule has 1 aromatic carbocycles. The van der Waals surface area contributed by atoms with Gasteiger partial charge in [0, 0.05) is 0 Å². The number of halogens is 3. The normalized spacial score (nSPS) is 11.8. The Kier molecular flexibility index (Phi) is 4.99. The summed E-state index contributed by atoms with van der Waals surface area (Å²) >= 11 is 1.03. The van der Waals surface area contributed by atoms with Crippen LogP contribution >= 0.6 is 11.8 Å². The lowest BCUT2D eigenvalue weighted by molar-refractivity contribution is -0.138. The van der Waals surface area contributed by atoms with E-state index < -0.39 is 23.3 Å². The Balaban J connectivity index is 3.34. The number of carboxylic acids is 1. The van der Waals surface area contributed by atoms with Crippen LogP contribution in [0.2, 0.25) is 0 Å². The Hall–Kier alpha value is -2.21. The molecule has 0 aliphatic carbocycles. The monoisotopic (exact) mass is 303 g/mol. The van der Waals surface area contributed by atoms with Gasteiger partial charge in [-0.3, -0.25) is 5.32 Å². The number of carboxylic acid groups (broad SMARTS) is 1. The van der Waals surface area contributed by atoms with Crippen molar-refractivity contribution >= 4 is 28.6 Å². The largest absolute Gasteiger partial charge is 0.478 e. The minimum Gasteiger partial charge on any atom is -0.478 e. The van der Waals surface area contributed by atoms with Crippen molar-refractivity contribution in [3.63, 3.8) is 0 Å². The van der Waals surface area contributed by atoms with Gasteiger partial charge in [0.05, 0.1) is 16.8 Å². The molecule has 0 radical (unpaired) electrons. The number of carbonyl (C=O) groups is 1. The van der Waals surface area contributed by atoms with E-state index in [4.69, 9.17) is 10.4 Å². The molecule has 9 heteroatoms. The Morgan fingerprint density at radius 3 is 2.60 bits per heavy atom. The second-order valence-electron chi connectivity index (χ2n) is 3.39. The van der Waals surface area contributed by atoms with Crippen molar-refractivity contribution in [2.75, 3.05) is 6.26 Å². The lowest BCUT2D eigenvalue weighted by Crippen LogP contribution is -2.14. The molecule has 2 N–H and O–H groups in total. The average molecular weight is 303 g/mol. The van der Waals surface area contributed by atoms with Crippen LogP contribution in [-0.2, 0) is 6.18 Å². The summed E-state index contributed by atoms with van der Waals surface area (Å²) in [5, 5.41) is 19.5. The van der Waals surface area contributed by atoms with E-state index in [9.17, 15) is 18.0 Å². The zero-order valence-corrected chi connectivity index (χ0v) is 10.8. The number of nitriles is 1. The van der Waals surface area contributed by atoms with Gasteiger partial charge in [-0.2, -0.15) is 18.4 Å². The summed E-state index contributed by atoms with van der Waals surface area (Å²) in [5.74, 6) is -1.67. The van der Waals surface area contributed by atoms with Gasteiger partial charge in [-0.1, -0.05) is 11.8 Å². The highest BCUT2D eigenvalue weighted by Gasteiger charge is 2.35. The molecular weight excluding hydrogens is 295 g/mol. The number of aromatic carboxylic acids is 1. The summed E-state index contributed by atoms with van der Waals surface area (Å²) in [6, 6.07) is 2.58. The van der Waals surface area contributed by atoms with Gasteiger partial charge in [-0.15, -0.1) is 0 Å². The summed E-state index contributed by atoms with van der Waals surface area (Å²) in [7, 11) is 0. The third-order valence-electron chi connectivity index (χ3n) is 2.13. The van der Waals surface area contributed by atoms with Crippen molar-refractivity contribution < 1.29 is 23.1 Å². The van der Waals surface area contributed by atoms with Crippen molar-refractivity contribution in [2.45, 2.75) is 6.18 Å². The number of hydrogen-bond donors (Lipinski definition) is 2.